The van der Waals surface area contributed by atoms with E-state index in [1.165, 1.54) is 49.1 Å². The molecule has 0 N–H and O–H groups in total. The van der Waals surface area contributed by atoms with Crippen LogP contribution in [0.15, 0.2) is 23.8 Å². The number of likely N-dealkylation sites (N-methyl/N-ethyl adjacent to an activating group) is 1. The molecule has 0 aromatic heterocycles. The van der Waals surface area contributed by atoms with Gasteiger partial charge in [0.1, 0.15) is 6.10 Å². The van der Waals surface area contributed by atoms with Crippen LogP contribution in [0.2, 0.25) is 0 Å². The van der Waals surface area contributed by atoms with Crippen molar-refractivity contribution in [2.75, 3.05) is 33.9 Å². The molecular weight excluding hydrogens is 481 g/mol. The summed E-state index contributed by atoms with van der Waals surface area (Å²) in [6.07, 6.45) is 7.72. The molecule has 3 aliphatic heterocycles. The molecule has 1 unspecified atom stereocenters. The van der Waals surface area contributed by atoms with E-state index in [0.717, 1.165) is 30.9 Å². The number of fused-ring (bicyclic) bond motifs is 1. The molecule has 8 heteroatoms. The van der Waals surface area contributed by atoms with Crippen molar-refractivity contribution in [3.63, 3.8) is 0 Å². The van der Waals surface area contributed by atoms with Crippen LogP contribution in [0, 0.1) is 6.42 Å². The molecule has 0 amide bonds. The van der Waals surface area contributed by atoms with E-state index in [0.29, 0.717) is 19.3 Å². The van der Waals surface area contributed by atoms with E-state index in [1.807, 2.05) is 6.07 Å². The van der Waals surface area contributed by atoms with Gasteiger partial charge in [0.05, 0.1) is 20.3 Å². The molecule has 3 heterocycles. The van der Waals surface area contributed by atoms with Crippen molar-refractivity contribution < 1.29 is 46.4 Å². The first-order valence-electron chi connectivity index (χ1n) is 9.95. The molecule has 0 saturated carbocycles. The first-order chi connectivity index (χ1) is 14.6. The molecule has 2 saturated heterocycles. The van der Waals surface area contributed by atoms with Gasteiger partial charge in [0, 0.05) is 0 Å². The molecule has 1 aromatic carbocycles. The third kappa shape index (κ3) is 2.78. The number of ether oxygens (including phenoxy) is 4. The summed E-state index contributed by atoms with van der Waals surface area (Å²) in [6.45, 7) is 3.59. The van der Waals surface area contributed by atoms with Gasteiger partial charge in [-0.1, -0.05) is 6.07 Å². The normalized spacial score (nSPS) is 31.0. The Labute approximate surface area is 187 Å². The quantitative estimate of drug-likeness (QED) is 0.426. The summed E-state index contributed by atoms with van der Waals surface area (Å²) in [7, 11) is 3.94. The third-order valence-corrected chi connectivity index (χ3v) is 6.83. The molecule has 2 bridgehead atoms. The van der Waals surface area contributed by atoms with Gasteiger partial charge in [-0.15, -0.1) is 0 Å². The van der Waals surface area contributed by atoms with Crippen molar-refractivity contribution in [2.24, 2.45) is 0 Å². The van der Waals surface area contributed by atoms with E-state index < -0.39 is 5.79 Å². The van der Waals surface area contributed by atoms with Crippen LogP contribution in [-0.2, 0) is 48.7 Å². The van der Waals surface area contributed by atoms with Gasteiger partial charge in [-0.05, 0) is 55.1 Å². The number of hydrogen-bond donors (Lipinski definition) is 0. The van der Waals surface area contributed by atoms with Crippen LogP contribution in [0.25, 0.3) is 0 Å². The first kappa shape index (κ1) is 21.7. The molecule has 7 nitrogen and oxygen atoms in total. The van der Waals surface area contributed by atoms with Crippen LogP contribution in [-0.4, -0.2) is 63.0 Å². The van der Waals surface area contributed by atoms with Gasteiger partial charge >= 0.3 is 22.6 Å². The zero-order valence-corrected chi connectivity index (χ0v) is 18.8. The zero-order valence-electron chi connectivity index (χ0n) is 17.2. The summed E-state index contributed by atoms with van der Waals surface area (Å²) in [5.41, 5.74) is 3.99. The predicted molar refractivity (Wildman–Crippen MR) is 103 cm³/mol. The second kappa shape index (κ2) is 8.18. The average Bonchev–Trinajstić information content (AvgIpc) is 3.37. The Hall–Kier alpha value is -1.56. The van der Waals surface area contributed by atoms with Gasteiger partial charge in [0.2, 0.25) is 0 Å². The van der Waals surface area contributed by atoms with Crippen molar-refractivity contribution in [1.29, 1.82) is 0 Å². The molecule has 2 fully saturated rings. The van der Waals surface area contributed by atoms with Crippen LogP contribution in [0.5, 0.6) is 11.5 Å². The van der Waals surface area contributed by atoms with E-state index in [9.17, 15) is 0 Å². The number of rotatable bonds is 1. The molecule has 2 aliphatic carbocycles. The second-order valence-corrected chi connectivity index (χ2v) is 7.96. The summed E-state index contributed by atoms with van der Waals surface area (Å²) in [4.78, 5) is 11.2. The molecule has 2 spiro atoms. The molecule has 5 aliphatic rings. The number of hydrogen-bond acceptors (Lipinski definition) is 7. The number of benzene rings is 1. The fraction of sp³-hybridized carbons (Fsp3) is 0.545. The van der Waals surface area contributed by atoms with E-state index in [2.05, 4.69) is 30.5 Å². The van der Waals surface area contributed by atoms with Gasteiger partial charge in [0.15, 0.2) is 17.3 Å². The molecule has 6 rings (SSSR count). The molecular formula is C22H25NO6Pd-2. The number of nitrogens with zero attached hydrogens (tertiary/aromatic N) is 1. The Morgan fingerprint density at radius 3 is 2.67 bits per heavy atom. The van der Waals surface area contributed by atoms with Crippen LogP contribution in [0.1, 0.15) is 24.5 Å². The topological polar surface area (TPSA) is 74.3 Å². The molecule has 166 valence electrons. The fourth-order valence-corrected chi connectivity index (χ4v) is 5.77. The first-order valence-corrected chi connectivity index (χ1v) is 10.6. The number of methoxy groups -OCH3 is 1. The summed E-state index contributed by atoms with van der Waals surface area (Å²) in [5, 5.41) is 0. The van der Waals surface area contributed by atoms with Crippen LogP contribution >= 0.6 is 0 Å². The van der Waals surface area contributed by atoms with Crippen molar-refractivity contribution in [1.82, 2.24) is 4.90 Å². The monoisotopic (exact) mass is 505 g/mol. The van der Waals surface area contributed by atoms with Gasteiger partial charge < -0.3 is 28.6 Å². The van der Waals surface area contributed by atoms with Crippen molar-refractivity contribution in [2.45, 2.75) is 43.1 Å². The molecule has 1 aromatic rings. The third-order valence-electron chi connectivity index (χ3n) is 6.83. The summed E-state index contributed by atoms with van der Waals surface area (Å²) >= 11 is 1.50. The van der Waals surface area contributed by atoms with Gasteiger partial charge in [-0.3, -0.25) is 6.29 Å². The van der Waals surface area contributed by atoms with Gasteiger partial charge in [-0.25, -0.2) is 6.08 Å². The van der Waals surface area contributed by atoms with Crippen LogP contribution in [0.3, 0.4) is 0 Å². The van der Waals surface area contributed by atoms with E-state index in [1.54, 1.807) is 7.11 Å². The Morgan fingerprint density at radius 2 is 2.00 bits per heavy atom. The van der Waals surface area contributed by atoms with E-state index in [4.69, 9.17) is 27.2 Å². The van der Waals surface area contributed by atoms with Crippen molar-refractivity contribution in [3.8, 4) is 11.5 Å². The van der Waals surface area contributed by atoms with E-state index in [-0.39, 0.29) is 11.5 Å². The number of carbonyl (C=O) groups excluding carboxylic acids is 1. The summed E-state index contributed by atoms with van der Waals surface area (Å²) in [5.74, 6) is 0.933. The maximum atomic E-state index is 8.68. The Balaban J connectivity index is 0.000000403. The van der Waals surface area contributed by atoms with E-state index >= 15 is 0 Å². The maximum absolute atomic E-state index is 8.68. The summed E-state index contributed by atoms with van der Waals surface area (Å²) in [6, 6.07) is 4.68. The van der Waals surface area contributed by atoms with Crippen molar-refractivity contribution >= 4 is 6.29 Å². The Morgan fingerprint density at radius 1 is 1.30 bits per heavy atom. The number of piperidine rings is 1. The average molecular weight is 506 g/mol. The van der Waals surface area contributed by atoms with Gasteiger partial charge in [-0.2, -0.15) is 18.9 Å². The molecule has 30 heavy (non-hydrogen) atoms. The summed E-state index contributed by atoms with van der Waals surface area (Å²) < 4.78 is 32.6. The standard InChI is InChI=1S/C20H22NO4.C2H3O.O.Pd/c1-21-8-7-19-13-5-6-20(23-9-10-24-20)18(19)25-17-15(22-2)4-3-12(16(17)19)11-14(13)21;1-2-3;;/h3-6,14,18H,7-11H2,1-2H3;1H3;;/q2*-1;;/t14?,18-,19+;;;/m1.../s1. The Kier molecular flexibility index (Phi) is 5.91. The van der Waals surface area contributed by atoms with Crippen LogP contribution in [0.4, 0.5) is 0 Å². The van der Waals surface area contributed by atoms with Gasteiger partial charge in [0.25, 0.3) is 0 Å². The molecule has 0 radical (unpaired) electrons. The Bertz CT molecular complexity index is 867. The minimum atomic E-state index is -0.775. The SMILES string of the molecule is COc1ccc2c3c1O[C@H]1C4([CH-]C=C5C(C2)N(C)CC[C@]531)OCCO4.C[C-]=O.[O]=[Pd]. The zero-order chi connectivity index (χ0) is 21.5. The predicted octanol–water partition coefficient (Wildman–Crippen LogP) is 1.84. The second-order valence-electron chi connectivity index (χ2n) is 7.96. The minimum absolute atomic E-state index is 0.159. The number of likely N-dealkylation sites (tertiary alicyclic amines) is 1. The molecule has 3 atom stereocenters. The van der Waals surface area contributed by atoms with Crippen molar-refractivity contribution in [3.05, 3.63) is 41.3 Å². The fourth-order valence-electron chi connectivity index (χ4n) is 5.77. The van der Waals surface area contributed by atoms with Crippen LogP contribution < -0.4 is 9.47 Å².